The molecule has 1 saturated heterocycles. The molecule has 1 amide bonds. The van der Waals surface area contributed by atoms with E-state index in [9.17, 15) is 9.59 Å². The van der Waals surface area contributed by atoms with E-state index in [-0.39, 0.29) is 18.1 Å². The first-order chi connectivity index (χ1) is 12.4. The first-order valence-electron chi connectivity index (χ1n) is 8.64. The van der Waals surface area contributed by atoms with Gasteiger partial charge in [0, 0.05) is 13.1 Å². The van der Waals surface area contributed by atoms with Gasteiger partial charge in [0.1, 0.15) is 0 Å². The summed E-state index contributed by atoms with van der Waals surface area (Å²) in [6.07, 6.45) is 1.11. The maximum atomic E-state index is 12.4. The molecule has 0 unspecified atom stereocenters. The highest BCUT2D eigenvalue weighted by molar-refractivity contribution is 5.92. The number of ether oxygens (including phenoxy) is 4. The van der Waals surface area contributed by atoms with Gasteiger partial charge in [-0.1, -0.05) is 13.8 Å². The van der Waals surface area contributed by atoms with Crippen LogP contribution in [-0.4, -0.2) is 57.8 Å². The molecule has 26 heavy (non-hydrogen) atoms. The summed E-state index contributed by atoms with van der Waals surface area (Å²) in [5.41, 5.74) is 0.229. The second kappa shape index (κ2) is 8.78. The van der Waals surface area contributed by atoms with Gasteiger partial charge in [0.15, 0.2) is 18.1 Å². The Kier molecular flexibility index (Phi) is 6.71. The van der Waals surface area contributed by atoms with E-state index in [1.807, 2.05) is 0 Å². The summed E-state index contributed by atoms with van der Waals surface area (Å²) in [7, 11) is 4.42. The number of likely N-dealkylation sites (tertiary alicyclic amines) is 1. The Labute approximate surface area is 154 Å². The van der Waals surface area contributed by atoms with Crippen molar-refractivity contribution < 1.29 is 28.5 Å². The summed E-state index contributed by atoms with van der Waals surface area (Å²) < 4.78 is 20.9. The van der Waals surface area contributed by atoms with Gasteiger partial charge in [-0.15, -0.1) is 0 Å². The van der Waals surface area contributed by atoms with E-state index >= 15 is 0 Å². The van der Waals surface area contributed by atoms with Gasteiger partial charge < -0.3 is 23.8 Å². The van der Waals surface area contributed by atoms with E-state index in [0.29, 0.717) is 42.2 Å². The van der Waals surface area contributed by atoms with Crippen molar-refractivity contribution in [1.82, 2.24) is 4.90 Å². The number of benzene rings is 1. The summed E-state index contributed by atoms with van der Waals surface area (Å²) in [6.45, 7) is 5.36. The van der Waals surface area contributed by atoms with Crippen molar-refractivity contribution in [3.05, 3.63) is 17.7 Å². The summed E-state index contributed by atoms with van der Waals surface area (Å²) in [5, 5.41) is 0. The molecule has 1 aromatic rings. The van der Waals surface area contributed by atoms with Gasteiger partial charge in [-0.2, -0.15) is 0 Å². The molecule has 0 saturated carbocycles. The van der Waals surface area contributed by atoms with E-state index in [2.05, 4.69) is 13.8 Å². The Morgan fingerprint density at radius 3 is 2.00 bits per heavy atom. The largest absolute Gasteiger partial charge is 0.493 e. The molecule has 0 spiro atoms. The highest BCUT2D eigenvalue weighted by Gasteiger charge is 2.26. The zero-order valence-corrected chi connectivity index (χ0v) is 16.0. The first kappa shape index (κ1) is 19.9. The number of carbonyl (C=O) groups excluding carboxylic acids is 2. The molecule has 1 aliphatic rings. The van der Waals surface area contributed by atoms with Crippen molar-refractivity contribution in [2.24, 2.45) is 11.8 Å². The molecule has 1 aliphatic heterocycles. The van der Waals surface area contributed by atoms with Gasteiger partial charge in [-0.25, -0.2) is 4.79 Å². The fourth-order valence-electron chi connectivity index (χ4n) is 3.37. The Bertz CT molecular complexity index is 624. The number of nitrogens with zero attached hydrogens (tertiary/aromatic N) is 1. The van der Waals surface area contributed by atoms with Crippen molar-refractivity contribution in [1.29, 1.82) is 0 Å². The number of esters is 1. The number of hydrogen-bond donors (Lipinski definition) is 0. The average molecular weight is 365 g/mol. The normalized spacial score (nSPS) is 19.7. The minimum absolute atomic E-state index is 0.177. The third kappa shape index (κ3) is 4.59. The quantitative estimate of drug-likeness (QED) is 0.721. The van der Waals surface area contributed by atoms with Crippen LogP contribution in [0.2, 0.25) is 0 Å². The molecule has 0 aromatic heterocycles. The van der Waals surface area contributed by atoms with Crippen LogP contribution in [0.4, 0.5) is 0 Å². The van der Waals surface area contributed by atoms with Crippen molar-refractivity contribution >= 4 is 11.9 Å². The van der Waals surface area contributed by atoms with Crippen LogP contribution < -0.4 is 14.2 Å². The topological polar surface area (TPSA) is 74.3 Å². The lowest BCUT2D eigenvalue weighted by molar-refractivity contribution is -0.137. The third-order valence-electron chi connectivity index (χ3n) is 4.45. The lowest BCUT2D eigenvalue weighted by Gasteiger charge is -2.34. The zero-order valence-electron chi connectivity index (χ0n) is 16.0. The van der Waals surface area contributed by atoms with Gasteiger partial charge in [-0.3, -0.25) is 4.79 Å². The van der Waals surface area contributed by atoms with E-state index in [4.69, 9.17) is 18.9 Å². The molecule has 2 atom stereocenters. The molecule has 0 N–H and O–H groups in total. The van der Waals surface area contributed by atoms with Crippen LogP contribution in [0.5, 0.6) is 17.2 Å². The van der Waals surface area contributed by atoms with Crippen LogP contribution in [0.3, 0.4) is 0 Å². The van der Waals surface area contributed by atoms with E-state index in [0.717, 1.165) is 6.42 Å². The van der Waals surface area contributed by atoms with E-state index < -0.39 is 5.97 Å². The molecule has 2 rings (SSSR count). The minimum Gasteiger partial charge on any atom is -0.493 e. The number of rotatable bonds is 6. The number of carbonyl (C=O) groups is 2. The molecule has 1 fully saturated rings. The molecular formula is C19H27NO6. The smallest absolute Gasteiger partial charge is 0.338 e. The van der Waals surface area contributed by atoms with Crippen molar-refractivity contribution in [3.8, 4) is 17.2 Å². The summed E-state index contributed by atoms with van der Waals surface area (Å²) in [5.74, 6) is 1.20. The summed E-state index contributed by atoms with van der Waals surface area (Å²) >= 11 is 0. The lowest BCUT2D eigenvalue weighted by Crippen LogP contribution is -2.44. The van der Waals surface area contributed by atoms with Gasteiger partial charge in [0.05, 0.1) is 26.9 Å². The van der Waals surface area contributed by atoms with Gasteiger partial charge in [0.25, 0.3) is 5.91 Å². The van der Waals surface area contributed by atoms with Crippen LogP contribution in [0.25, 0.3) is 0 Å². The monoisotopic (exact) mass is 365 g/mol. The van der Waals surface area contributed by atoms with Crippen molar-refractivity contribution in [2.75, 3.05) is 41.0 Å². The number of methoxy groups -OCH3 is 3. The molecule has 0 bridgehead atoms. The lowest BCUT2D eigenvalue weighted by atomic mass is 9.92. The predicted octanol–water partition coefficient (Wildman–Crippen LogP) is 2.37. The Morgan fingerprint density at radius 1 is 1.00 bits per heavy atom. The molecule has 7 heteroatoms. The second-order valence-corrected chi connectivity index (χ2v) is 6.73. The standard InChI is InChI=1S/C19H27NO6/c1-12-6-13(2)10-20(9-12)17(21)11-26-19(22)14-7-15(23-3)18(25-5)16(8-14)24-4/h7-8,12-13H,6,9-11H2,1-5H3/t12-,13+. The van der Waals surface area contributed by atoms with Gasteiger partial charge >= 0.3 is 5.97 Å². The molecule has 0 aliphatic carbocycles. The van der Waals surface area contributed by atoms with E-state index in [1.165, 1.54) is 33.5 Å². The first-order valence-corrected chi connectivity index (χ1v) is 8.64. The third-order valence-corrected chi connectivity index (χ3v) is 4.45. The summed E-state index contributed by atoms with van der Waals surface area (Å²) in [4.78, 5) is 26.5. The van der Waals surface area contributed by atoms with Crippen molar-refractivity contribution in [2.45, 2.75) is 20.3 Å². The molecular weight excluding hydrogens is 338 g/mol. The predicted molar refractivity (Wildman–Crippen MR) is 95.9 cm³/mol. The second-order valence-electron chi connectivity index (χ2n) is 6.73. The Hall–Kier alpha value is -2.44. The summed E-state index contributed by atoms with van der Waals surface area (Å²) in [6, 6.07) is 3.00. The molecule has 144 valence electrons. The van der Waals surface area contributed by atoms with Gasteiger partial charge in [-0.05, 0) is 30.4 Å². The molecule has 0 radical (unpaired) electrons. The Morgan fingerprint density at radius 2 is 1.54 bits per heavy atom. The Balaban J connectivity index is 2.04. The van der Waals surface area contributed by atoms with Crippen LogP contribution >= 0.6 is 0 Å². The van der Waals surface area contributed by atoms with Crippen molar-refractivity contribution in [3.63, 3.8) is 0 Å². The maximum absolute atomic E-state index is 12.4. The molecule has 1 heterocycles. The number of hydrogen-bond acceptors (Lipinski definition) is 6. The fourth-order valence-corrected chi connectivity index (χ4v) is 3.37. The maximum Gasteiger partial charge on any atom is 0.338 e. The molecule has 1 aromatic carbocycles. The van der Waals surface area contributed by atoms with Gasteiger partial charge in [0.2, 0.25) is 5.75 Å². The van der Waals surface area contributed by atoms with E-state index in [1.54, 1.807) is 4.90 Å². The SMILES string of the molecule is COc1cc(C(=O)OCC(=O)N2C[C@H](C)C[C@H](C)C2)cc(OC)c1OC. The number of amides is 1. The average Bonchev–Trinajstić information content (AvgIpc) is 2.63. The van der Waals surface area contributed by atoms with Crippen LogP contribution in [0, 0.1) is 11.8 Å². The highest BCUT2D eigenvalue weighted by atomic mass is 16.5. The fraction of sp³-hybridized carbons (Fsp3) is 0.579. The van der Waals surface area contributed by atoms with Crippen LogP contribution in [0.15, 0.2) is 12.1 Å². The van der Waals surface area contributed by atoms with Crippen LogP contribution in [-0.2, 0) is 9.53 Å². The number of piperidine rings is 1. The minimum atomic E-state index is -0.615. The molecule has 7 nitrogen and oxygen atoms in total. The zero-order chi connectivity index (χ0) is 19.3. The highest BCUT2D eigenvalue weighted by Crippen LogP contribution is 2.38. The van der Waals surface area contributed by atoms with Crippen LogP contribution in [0.1, 0.15) is 30.6 Å².